The molecule has 0 spiro atoms. The van der Waals surface area contributed by atoms with Crippen LogP contribution < -0.4 is 5.32 Å². The molecule has 0 saturated carbocycles. The zero-order chi connectivity index (χ0) is 26.1. The lowest BCUT2D eigenvalue weighted by Crippen LogP contribution is -2.52. The molecule has 0 aliphatic rings. The number of carbonyl (C=O) groups is 2. The van der Waals surface area contributed by atoms with Gasteiger partial charge in [0.25, 0.3) is 0 Å². The van der Waals surface area contributed by atoms with E-state index in [0.717, 1.165) is 16.1 Å². The first-order valence-electron chi connectivity index (χ1n) is 11.3. The van der Waals surface area contributed by atoms with E-state index < -0.39 is 40.2 Å². The van der Waals surface area contributed by atoms with Gasteiger partial charge >= 0.3 is 0 Å². The van der Waals surface area contributed by atoms with Gasteiger partial charge in [-0.25, -0.2) is 12.8 Å². The second-order valence-corrected chi connectivity index (χ2v) is 10.5. The first-order chi connectivity index (χ1) is 17.1. The number of amides is 2. The average Bonchev–Trinajstić information content (AvgIpc) is 2.86. The van der Waals surface area contributed by atoms with Crippen LogP contribution in [0.15, 0.2) is 79.0 Å². The molecule has 2 amide bonds. The van der Waals surface area contributed by atoms with E-state index in [-0.39, 0.29) is 19.5 Å². The molecule has 0 radical (unpaired) electrons. The van der Waals surface area contributed by atoms with E-state index in [1.54, 1.807) is 24.4 Å². The standard InChI is InChI=1S/C26H29FN4O4S/c1-30(36(2,34)35)19-25(32)31(18-21-11-13-22(27)14-12-21)24(16-20-8-4-3-5-9-20)26(33)29-17-23-10-6-7-15-28-23/h3-15,24H,16-19H2,1-2H3,(H,29,33)/t24-/m1/s1. The summed E-state index contributed by atoms with van der Waals surface area (Å²) in [6.07, 6.45) is 2.82. The van der Waals surface area contributed by atoms with Crippen molar-refractivity contribution in [2.75, 3.05) is 19.8 Å². The molecule has 0 fully saturated rings. The molecule has 1 heterocycles. The Labute approximate surface area is 210 Å². The number of halogens is 1. The predicted molar refractivity (Wildman–Crippen MR) is 134 cm³/mol. The molecular formula is C26H29FN4O4S. The van der Waals surface area contributed by atoms with Crippen molar-refractivity contribution >= 4 is 21.8 Å². The maximum Gasteiger partial charge on any atom is 0.243 e. The maximum absolute atomic E-state index is 13.5. The molecule has 8 nitrogen and oxygen atoms in total. The van der Waals surface area contributed by atoms with Crippen LogP contribution >= 0.6 is 0 Å². The number of benzene rings is 2. The van der Waals surface area contributed by atoms with Gasteiger partial charge in [-0.15, -0.1) is 0 Å². The average molecular weight is 513 g/mol. The van der Waals surface area contributed by atoms with Gasteiger partial charge in [0, 0.05) is 26.2 Å². The molecule has 0 aliphatic heterocycles. The van der Waals surface area contributed by atoms with Crippen LogP contribution in [-0.4, -0.2) is 60.3 Å². The molecule has 0 saturated heterocycles. The van der Waals surface area contributed by atoms with Crippen molar-refractivity contribution in [3.63, 3.8) is 0 Å². The SMILES string of the molecule is CN(CC(=O)N(Cc1ccc(F)cc1)[C@H](Cc1ccccc1)C(=O)NCc1ccccn1)S(C)(=O)=O. The summed E-state index contributed by atoms with van der Waals surface area (Å²) >= 11 is 0. The highest BCUT2D eigenvalue weighted by molar-refractivity contribution is 7.88. The smallest absolute Gasteiger partial charge is 0.243 e. The minimum atomic E-state index is -3.63. The summed E-state index contributed by atoms with van der Waals surface area (Å²) in [4.78, 5) is 32.5. The van der Waals surface area contributed by atoms with E-state index in [0.29, 0.717) is 11.3 Å². The number of rotatable bonds is 11. The van der Waals surface area contributed by atoms with Crippen LogP contribution in [0, 0.1) is 5.82 Å². The molecule has 10 heteroatoms. The summed E-state index contributed by atoms with van der Waals surface area (Å²) in [5.74, 6) is -1.40. The monoisotopic (exact) mass is 512 g/mol. The van der Waals surface area contributed by atoms with Gasteiger partial charge in [-0.05, 0) is 35.4 Å². The second kappa shape index (κ2) is 12.4. The van der Waals surface area contributed by atoms with Gasteiger partial charge in [-0.2, -0.15) is 4.31 Å². The summed E-state index contributed by atoms with van der Waals surface area (Å²) in [5.41, 5.74) is 2.07. The fourth-order valence-electron chi connectivity index (χ4n) is 3.54. The van der Waals surface area contributed by atoms with Gasteiger partial charge < -0.3 is 10.2 Å². The lowest BCUT2D eigenvalue weighted by atomic mass is 10.0. The summed E-state index contributed by atoms with van der Waals surface area (Å²) in [6, 6.07) is 19.2. The molecular weight excluding hydrogens is 483 g/mol. The third-order valence-corrected chi connectivity index (χ3v) is 6.89. The van der Waals surface area contributed by atoms with Gasteiger partial charge in [-0.1, -0.05) is 48.5 Å². The number of sulfonamides is 1. The normalized spacial score (nSPS) is 12.2. The number of nitrogens with zero attached hydrogens (tertiary/aromatic N) is 3. The molecule has 36 heavy (non-hydrogen) atoms. The number of nitrogens with one attached hydrogen (secondary N) is 1. The first kappa shape index (κ1) is 27.0. The van der Waals surface area contributed by atoms with Crippen molar-refractivity contribution in [1.82, 2.24) is 19.5 Å². The van der Waals surface area contributed by atoms with E-state index >= 15 is 0 Å². The van der Waals surface area contributed by atoms with E-state index in [2.05, 4.69) is 10.3 Å². The fraction of sp³-hybridized carbons (Fsp3) is 0.269. The number of carbonyl (C=O) groups excluding carboxylic acids is 2. The van der Waals surface area contributed by atoms with Crippen LogP contribution in [-0.2, 0) is 39.1 Å². The van der Waals surface area contributed by atoms with Gasteiger partial charge in [-0.3, -0.25) is 14.6 Å². The highest BCUT2D eigenvalue weighted by atomic mass is 32.2. The highest BCUT2D eigenvalue weighted by Gasteiger charge is 2.32. The molecule has 0 aliphatic carbocycles. The summed E-state index contributed by atoms with van der Waals surface area (Å²) in [6.45, 7) is -0.295. The van der Waals surface area contributed by atoms with E-state index in [4.69, 9.17) is 0 Å². The molecule has 1 aromatic heterocycles. The topological polar surface area (TPSA) is 99.7 Å². The molecule has 1 N–H and O–H groups in total. The number of hydrogen-bond acceptors (Lipinski definition) is 5. The highest BCUT2D eigenvalue weighted by Crippen LogP contribution is 2.16. The van der Waals surface area contributed by atoms with Crippen LogP contribution in [0.4, 0.5) is 4.39 Å². The Bertz CT molecular complexity index is 1260. The maximum atomic E-state index is 13.5. The van der Waals surface area contributed by atoms with Crippen molar-refractivity contribution in [1.29, 1.82) is 0 Å². The van der Waals surface area contributed by atoms with Crippen LogP contribution in [0.25, 0.3) is 0 Å². The Morgan fingerprint density at radius 3 is 2.25 bits per heavy atom. The largest absolute Gasteiger partial charge is 0.349 e. The molecule has 2 aromatic carbocycles. The second-order valence-electron chi connectivity index (χ2n) is 8.41. The number of aromatic nitrogens is 1. The molecule has 0 bridgehead atoms. The van der Waals surface area contributed by atoms with Crippen LogP contribution in [0.1, 0.15) is 16.8 Å². The van der Waals surface area contributed by atoms with Gasteiger partial charge in [0.05, 0.1) is 25.0 Å². The van der Waals surface area contributed by atoms with E-state index in [1.165, 1.54) is 36.2 Å². The molecule has 0 unspecified atom stereocenters. The van der Waals surface area contributed by atoms with Crippen LogP contribution in [0.3, 0.4) is 0 Å². The van der Waals surface area contributed by atoms with Crippen LogP contribution in [0.5, 0.6) is 0 Å². The molecule has 190 valence electrons. The van der Waals surface area contributed by atoms with E-state index in [1.807, 2.05) is 30.3 Å². The quantitative estimate of drug-likeness (QED) is 0.425. The predicted octanol–water partition coefficient (Wildman–Crippen LogP) is 2.37. The molecule has 3 aromatic rings. The van der Waals surface area contributed by atoms with Crippen molar-refractivity contribution < 1.29 is 22.4 Å². The third kappa shape index (κ3) is 7.96. The van der Waals surface area contributed by atoms with Crippen molar-refractivity contribution in [3.05, 3.63) is 102 Å². The van der Waals surface area contributed by atoms with Gasteiger partial charge in [0.15, 0.2) is 0 Å². The first-order valence-corrected chi connectivity index (χ1v) is 13.1. The van der Waals surface area contributed by atoms with Crippen molar-refractivity contribution in [3.8, 4) is 0 Å². The Morgan fingerprint density at radius 1 is 0.972 bits per heavy atom. The third-order valence-electron chi connectivity index (χ3n) is 5.63. The Balaban J connectivity index is 1.94. The zero-order valence-electron chi connectivity index (χ0n) is 20.2. The number of hydrogen-bond donors (Lipinski definition) is 1. The lowest BCUT2D eigenvalue weighted by Gasteiger charge is -2.32. The lowest BCUT2D eigenvalue weighted by molar-refractivity contribution is -0.141. The zero-order valence-corrected chi connectivity index (χ0v) is 21.0. The summed E-state index contributed by atoms with van der Waals surface area (Å²) in [7, 11) is -2.33. The molecule has 3 rings (SSSR count). The van der Waals surface area contributed by atoms with Gasteiger partial charge in [0.1, 0.15) is 11.9 Å². The summed E-state index contributed by atoms with van der Waals surface area (Å²) in [5, 5.41) is 2.85. The van der Waals surface area contributed by atoms with Crippen LogP contribution in [0.2, 0.25) is 0 Å². The fourth-order valence-corrected chi connectivity index (χ4v) is 3.88. The minimum Gasteiger partial charge on any atom is -0.349 e. The Morgan fingerprint density at radius 2 is 1.64 bits per heavy atom. The Hall–Kier alpha value is -3.63. The number of pyridine rings is 1. The van der Waals surface area contributed by atoms with Crippen molar-refractivity contribution in [2.45, 2.75) is 25.6 Å². The minimum absolute atomic E-state index is 0.00871. The summed E-state index contributed by atoms with van der Waals surface area (Å²) < 4.78 is 38.4. The van der Waals surface area contributed by atoms with Gasteiger partial charge in [0.2, 0.25) is 21.8 Å². The Kier molecular flexibility index (Phi) is 9.26. The van der Waals surface area contributed by atoms with Crippen molar-refractivity contribution in [2.24, 2.45) is 0 Å². The number of likely N-dealkylation sites (N-methyl/N-ethyl adjacent to an activating group) is 1. The molecule has 1 atom stereocenters. The van der Waals surface area contributed by atoms with E-state index in [9.17, 15) is 22.4 Å².